The lowest BCUT2D eigenvalue weighted by Gasteiger charge is -2.37. The van der Waals surface area contributed by atoms with Crippen molar-refractivity contribution >= 4 is 0 Å². The molecular formula is C20H30N2O2. The molecule has 2 unspecified atom stereocenters. The predicted octanol–water partition coefficient (Wildman–Crippen LogP) is 2.44. The van der Waals surface area contributed by atoms with Gasteiger partial charge in [0.1, 0.15) is 0 Å². The largest absolute Gasteiger partial charge is 0.395 e. The van der Waals surface area contributed by atoms with Crippen molar-refractivity contribution in [2.45, 2.75) is 69.3 Å². The highest BCUT2D eigenvalue weighted by Gasteiger charge is 2.44. The van der Waals surface area contributed by atoms with Crippen LogP contribution in [-0.4, -0.2) is 47.4 Å². The molecule has 1 spiro atoms. The molecule has 4 rings (SSSR count). The highest BCUT2D eigenvalue weighted by atomic mass is 16.5. The third-order valence-corrected chi connectivity index (χ3v) is 6.26. The first kappa shape index (κ1) is 16.5. The molecule has 4 nitrogen and oxygen atoms in total. The summed E-state index contributed by atoms with van der Waals surface area (Å²) in [5.41, 5.74) is 3.00. The van der Waals surface area contributed by atoms with Gasteiger partial charge in [-0.1, -0.05) is 24.3 Å². The van der Waals surface area contributed by atoms with E-state index in [0.29, 0.717) is 12.1 Å². The van der Waals surface area contributed by atoms with Crippen LogP contribution in [0.2, 0.25) is 0 Å². The molecule has 3 fully saturated rings. The van der Waals surface area contributed by atoms with Crippen LogP contribution in [0.4, 0.5) is 0 Å². The number of hydrogen-bond donors (Lipinski definition) is 2. The molecule has 2 saturated heterocycles. The summed E-state index contributed by atoms with van der Waals surface area (Å²) < 4.78 is 6.05. The molecule has 0 bridgehead atoms. The van der Waals surface area contributed by atoms with Crippen LogP contribution in [0, 0.1) is 0 Å². The van der Waals surface area contributed by atoms with Gasteiger partial charge in [0.2, 0.25) is 0 Å². The summed E-state index contributed by atoms with van der Waals surface area (Å²) in [6.45, 7) is 4.11. The topological polar surface area (TPSA) is 44.7 Å². The number of aliphatic hydroxyl groups excluding tert-OH is 1. The fourth-order valence-corrected chi connectivity index (χ4v) is 4.56. The molecule has 2 N–H and O–H groups in total. The number of hydrogen-bond acceptors (Lipinski definition) is 4. The average molecular weight is 330 g/mol. The van der Waals surface area contributed by atoms with Crippen molar-refractivity contribution in [3.05, 3.63) is 35.4 Å². The van der Waals surface area contributed by atoms with E-state index < -0.39 is 0 Å². The Morgan fingerprint density at radius 3 is 2.75 bits per heavy atom. The minimum absolute atomic E-state index is 0.223. The van der Waals surface area contributed by atoms with Gasteiger partial charge in [-0.05, 0) is 56.2 Å². The molecule has 4 heteroatoms. The highest BCUT2D eigenvalue weighted by molar-refractivity contribution is 5.27. The predicted molar refractivity (Wildman–Crippen MR) is 94.7 cm³/mol. The summed E-state index contributed by atoms with van der Waals surface area (Å²) in [6.07, 6.45) is 7.33. The smallest absolute Gasteiger partial charge is 0.0699 e. The van der Waals surface area contributed by atoms with Crippen molar-refractivity contribution in [3.8, 4) is 0 Å². The average Bonchev–Trinajstić information content (AvgIpc) is 3.20. The van der Waals surface area contributed by atoms with Gasteiger partial charge in [-0.25, -0.2) is 0 Å². The third-order valence-electron chi connectivity index (χ3n) is 6.26. The van der Waals surface area contributed by atoms with E-state index in [1.807, 2.05) is 0 Å². The molecular weight excluding hydrogens is 300 g/mol. The van der Waals surface area contributed by atoms with E-state index in [9.17, 15) is 5.11 Å². The Morgan fingerprint density at radius 1 is 1.21 bits per heavy atom. The van der Waals surface area contributed by atoms with Gasteiger partial charge in [0, 0.05) is 25.2 Å². The van der Waals surface area contributed by atoms with Crippen LogP contribution in [0.1, 0.15) is 49.7 Å². The number of ether oxygens (including phenoxy) is 1. The summed E-state index contributed by atoms with van der Waals surface area (Å²) in [7, 11) is 0. The van der Waals surface area contributed by atoms with Crippen LogP contribution in [0.5, 0.6) is 0 Å². The van der Waals surface area contributed by atoms with Crippen molar-refractivity contribution in [1.29, 1.82) is 0 Å². The number of benzene rings is 1. The summed E-state index contributed by atoms with van der Waals surface area (Å²) in [5, 5.41) is 13.3. The molecule has 1 aromatic carbocycles. The monoisotopic (exact) mass is 330 g/mol. The lowest BCUT2D eigenvalue weighted by atomic mass is 9.77. The maximum Gasteiger partial charge on any atom is 0.0699 e. The molecule has 2 aliphatic heterocycles. The number of likely N-dealkylation sites (tertiary alicyclic amines) is 1. The van der Waals surface area contributed by atoms with E-state index >= 15 is 0 Å². The van der Waals surface area contributed by atoms with Gasteiger partial charge in [-0.15, -0.1) is 0 Å². The molecule has 132 valence electrons. The van der Waals surface area contributed by atoms with Gasteiger partial charge >= 0.3 is 0 Å². The van der Waals surface area contributed by atoms with Crippen molar-refractivity contribution in [2.24, 2.45) is 0 Å². The van der Waals surface area contributed by atoms with Crippen LogP contribution in [-0.2, 0) is 17.8 Å². The number of aliphatic hydroxyl groups is 1. The second-order valence-electron chi connectivity index (χ2n) is 7.85. The molecule has 3 aliphatic rings. The van der Waals surface area contributed by atoms with Gasteiger partial charge in [0.15, 0.2) is 0 Å². The normalized spacial score (nSPS) is 29.2. The lowest BCUT2D eigenvalue weighted by molar-refractivity contribution is -0.0563. The first-order chi connectivity index (χ1) is 11.8. The Kier molecular flexibility index (Phi) is 4.90. The molecule has 2 atom stereocenters. The Bertz CT molecular complexity index is 558. The fraction of sp³-hybridized carbons (Fsp3) is 0.700. The zero-order valence-electron chi connectivity index (χ0n) is 14.5. The highest BCUT2D eigenvalue weighted by Crippen LogP contribution is 2.43. The van der Waals surface area contributed by atoms with Crippen LogP contribution >= 0.6 is 0 Å². The van der Waals surface area contributed by atoms with Crippen LogP contribution in [0.3, 0.4) is 0 Å². The maximum atomic E-state index is 9.54. The van der Waals surface area contributed by atoms with Crippen molar-refractivity contribution in [3.63, 3.8) is 0 Å². The second-order valence-corrected chi connectivity index (χ2v) is 7.85. The van der Waals surface area contributed by atoms with E-state index in [2.05, 4.69) is 34.5 Å². The summed E-state index contributed by atoms with van der Waals surface area (Å²) in [6, 6.07) is 9.57. The van der Waals surface area contributed by atoms with E-state index in [-0.39, 0.29) is 12.2 Å². The van der Waals surface area contributed by atoms with Crippen LogP contribution in [0.25, 0.3) is 0 Å². The van der Waals surface area contributed by atoms with Crippen molar-refractivity contribution in [2.75, 3.05) is 19.8 Å². The van der Waals surface area contributed by atoms with Crippen molar-refractivity contribution < 1.29 is 9.84 Å². The van der Waals surface area contributed by atoms with Crippen LogP contribution < -0.4 is 5.32 Å². The van der Waals surface area contributed by atoms with Gasteiger partial charge < -0.3 is 15.2 Å². The fourth-order valence-electron chi connectivity index (χ4n) is 4.56. The van der Waals surface area contributed by atoms with E-state index in [0.717, 1.165) is 32.7 Å². The van der Waals surface area contributed by atoms with E-state index in [4.69, 9.17) is 4.74 Å². The molecule has 1 aliphatic carbocycles. The zero-order valence-corrected chi connectivity index (χ0v) is 14.5. The second kappa shape index (κ2) is 7.12. The maximum absolute atomic E-state index is 9.54. The molecule has 1 aromatic rings. The number of rotatable bonds is 6. The minimum Gasteiger partial charge on any atom is -0.395 e. The molecule has 2 heterocycles. The quantitative estimate of drug-likeness (QED) is 0.841. The Morgan fingerprint density at radius 2 is 2.04 bits per heavy atom. The standard InChI is InChI=1S/C20H30N2O2/c23-14-19-7-3-10-22(19)13-17-6-2-1-5-16(17)12-21-18-11-20(24-15-18)8-4-9-20/h1-2,5-6,18-19,21,23H,3-4,7-15H2. The Hall–Kier alpha value is -0.940. The molecule has 1 saturated carbocycles. The Labute approximate surface area is 145 Å². The molecule has 0 aromatic heterocycles. The summed E-state index contributed by atoms with van der Waals surface area (Å²) in [5.74, 6) is 0. The zero-order chi connectivity index (χ0) is 16.4. The SMILES string of the molecule is OCC1CCCN1Cc1ccccc1CNC1COC2(CCC2)C1. The first-order valence-electron chi connectivity index (χ1n) is 9.57. The first-order valence-corrected chi connectivity index (χ1v) is 9.57. The van der Waals surface area contributed by atoms with E-state index in [1.165, 1.54) is 43.2 Å². The van der Waals surface area contributed by atoms with Crippen LogP contribution in [0.15, 0.2) is 24.3 Å². The number of nitrogens with one attached hydrogen (secondary N) is 1. The third kappa shape index (κ3) is 3.38. The summed E-state index contributed by atoms with van der Waals surface area (Å²) in [4.78, 5) is 2.43. The lowest BCUT2D eigenvalue weighted by Crippen LogP contribution is -2.38. The molecule has 24 heavy (non-hydrogen) atoms. The number of nitrogens with zero attached hydrogens (tertiary/aromatic N) is 1. The minimum atomic E-state index is 0.223. The van der Waals surface area contributed by atoms with E-state index in [1.54, 1.807) is 0 Å². The molecule has 0 amide bonds. The Balaban J connectivity index is 1.35. The summed E-state index contributed by atoms with van der Waals surface area (Å²) >= 11 is 0. The van der Waals surface area contributed by atoms with Gasteiger partial charge in [-0.3, -0.25) is 4.90 Å². The van der Waals surface area contributed by atoms with Gasteiger partial charge in [0.05, 0.1) is 18.8 Å². The molecule has 0 radical (unpaired) electrons. The van der Waals surface area contributed by atoms with Crippen molar-refractivity contribution in [1.82, 2.24) is 10.2 Å². The van der Waals surface area contributed by atoms with Gasteiger partial charge in [-0.2, -0.15) is 0 Å². The van der Waals surface area contributed by atoms with Gasteiger partial charge in [0.25, 0.3) is 0 Å².